The van der Waals surface area contributed by atoms with E-state index in [9.17, 15) is 4.79 Å². The van der Waals surface area contributed by atoms with Crippen LogP contribution in [0.5, 0.6) is 0 Å². The molecule has 0 amide bonds. The van der Waals surface area contributed by atoms with Gasteiger partial charge >= 0.3 is 5.97 Å². The number of fused-ring (bicyclic) bond motifs is 3. The summed E-state index contributed by atoms with van der Waals surface area (Å²) in [6.07, 6.45) is 2.86. The summed E-state index contributed by atoms with van der Waals surface area (Å²) in [5, 5.41) is 7.98. The molecule has 0 aromatic heterocycles. The van der Waals surface area contributed by atoms with Crippen molar-refractivity contribution in [3.63, 3.8) is 0 Å². The van der Waals surface area contributed by atoms with E-state index in [2.05, 4.69) is 150 Å². The second kappa shape index (κ2) is 11.4. The second-order valence-electron chi connectivity index (χ2n) is 15.3. The maximum absolute atomic E-state index is 11.3. The van der Waals surface area contributed by atoms with Gasteiger partial charge in [-0.15, -0.1) is 0 Å². The predicted octanol–water partition coefficient (Wildman–Crippen LogP) is 12.2. The van der Waals surface area contributed by atoms with E-state index in [0.29, 0.717) is 6.61 Å². The van der Waals surface area contributed by atoms with Crippen LogP contribution >= 0.6 is 0 Å². The molecule has 0 radical (unpaired) electrons. The predicted molar refractivity (Wildman–Crippen MR) is 207 cm³/mol. The topological polar surface area (TPSA) is 26.3 Å². The lowest BCUT2D eigenvalue weighted by Gasteiger charge is -2.23. The Hall–Kier alpha value is -5.21. The van der Waals surface area contributed by atoms with Crippen molar-refractivity contribution in [1.82, 2.24) is 0 Å². The molecule has 0 aliphatic heterocycles. The molecule has 0 bridgehead atoms. The van der Waals surface area contributed by atoms with Gasteiger partial charge in [-0.25, -0.2) is 4.79 Å². The number of hydrogen-bond donors (Lipinski definition) is 0. The zero-order valence-electron chi connectivity index (χ0n) is 29.1. The number of ether oxygens (including phenoxy) is 1. The Morgan fingerprint density at radius 3 is 1.92 bits per heavy atom. The van der Waals surface area contributed by atoms with Gasteiger partial charge in [0, 0.05) is 11.5 Å². The van der Waals surface area contributed by atoms with Gasteiger partial charge in [0.2, 0.25) is 0 Å². The summed E-state index contributed by atoms with van der Waals surface area (Å²) >= 11 is 0. The van der Waals surface area contributed by atoms with Gasteiger partial charge in [0.1, 0.15) is 0 Å². The zero-order valence-corrected chi connectivity index (χ0v) is 29.1. The van der Waals surface area contributed by atoms with Crippen molar-refractivity contribution in [2.75, 3.05) is 6.61 Å². The Morgan fingerprint density at radius 2 is 1.24 bits per heavy atom. The summed E-state index contributed by atoms with van der Waals surface area (Å²) in [5.41, 5.74) is 13.0. The van der Waals surface area contributed by atoms with E-state index in [1.54, 1.807) is 0 Å². The highest BCUT2D eigenvalue weighted by atomic mass is 16.5. The molecule has 7 aromatic carbocycles. The summed E-state index contributed by atoms with van der Waals surface area (Å²) < 4.78 is 5.13. The third-order valence-electron chi connectivity index (χ3n) is 10.8. The van der Waals surface area contributed by atoms with Crippen molar-refractivity contribution in [3.05, 3.63) is 144 Å². The molecule has 49 heavy (non-hydrogen) atoms. The van der Waals surface area contributed by atoms with E-state index in [1.165, 1.54) is 94.0 Å². The number of hydrogen-bond acceptors (Lipinski definition) is 2. The Kier molecular flexibility index (Phi) is 7.26. The molecule has 0 saturated heterocycles. The first-order valence-corrected chi connectivity index (χ1v) is 17.4. The third-order valence-corrected chi connectivity index (χ3v) is 10.8. The fourth-order valence-corrected chi connectivity index (χ4v) is 7.96. The van der Waals surface area contributed by atoms with Crippen LogP contribution in [0.1, 0.15) is 63.3 Å². The molecule has 0 N–H and O–H groups in total. The molecular formula is C47H42O2. The van der Waals surface area contributed by atoms with Crippen molar-refractivity contribution < 1.29 is 9.53 Å². The lowest BCUT2D eigenvalue weighted by Crippen LogP contribution is -2.15. The standard InChI is InChI=1S/C47H42O2/c1-7-43(48)49-24-8-9-29-10-12-30(13-11-29)32-17-21-38-39-22-18-33(28-42(39)47(5,6)41(38)27-32)37-20-16-31-14-15-34-25-36(46(2,3)4)26-35-19-23-40(37)45(31)44(34)35/h7,10-23,25-28H,1,8-9,24H2,2-6H3. The number of aryl methyl sites for hydroxylation is 1. The Labute approximate surface area is 289 Å². The van der Waals surface area contributed by atoms with Gasteiger partial charge in [0.15, 0.2) is 0 Å². The van der Waals surface area contributed by atoms with E-state index in [-0.39, 0.29) is 16.8 Å². The van der Waals surface area contributed by atoms with Crippen LogP contribution in [0, 0.1) is 0 Å². The first-order valence-electron chi connectivity index (χ1n) is 17.4. The van der Waals surface area contributed by atoms with Gasteiger partial charge in [-0.3, -0.25) is 0 Å². The maximum Gasteiger partial charge on any atom is 0.330 e. The largest absolute Gasteiger partial charge is 0.463 e. The molecule has 2 heteroatoms. The summed E-state index contributed by atoms with van der Waals surface area (Å²) in [6, 6.07) is 41.5. The maximum atomic E-state index is 11.3. The molecule has 0 saturated carbocycles. The van der Waals surface area contributed by atoms with Gasteiger partial charge in [-0.05, 0) is 118 Å². The summed E-state index contributed by atoms with van der Waals surface area (Å²) in [4.78, 5) is 11.3. The van der Waals surface area contributed by atoms with Crippen molar-refractivity contribution in [2.45, 2.75) is 58.3 Å². The first kappa shape index (κ1) is 31.1. The summed E-state index contributed by atoms with van der Waals surface area (Å²) in [5.74, 6) is -0.365. The second-order valence-corrected chi connectivity index (χ2v) is 15.3. The Bertz CT molecular complexity index is 2400. The molecular weight excluding hydrogens is 597 g/mol. The molecule has 8 rings (SSSR count). The zero-order chi connectivity index (χ0) is 34.1. The number of rotatable bonds is 7. The van der Waals surface area contributed by atoms with Crippen molar-refractivity contribution in [1.29, 1.82) is 0 Å². The monoisotopic (exact) mass is 638 g/mol. The molecule has 0 heterocycles. The van der Waals surface area contributed by atoms with Gasteiger partial charge in [-0.2, -0.15) is 0 Å². The molecule has 242 valence electrons. The molecule has 0 spiro atoms. The number of carbonyl (C=O) groups excluding carboxylic acids is 1. The van der Waals surface area contributed by atoms with Crippen LogP contribution in [0.3, 0.4) is 0 Å². The molecule has 2 nitrogen and oxygen atoms in total. The van der Waals surface area contributed by atoms with Crippen LogP contribution in [-0.4, -0.2) is 12.6 Å². The van der Waals surface area contributed by atoms with E-state index in [4.69, 9.17) is 4.74 Å². The molecule has 0 unspecified atom stereocenters. The average Bonchev–Trinajstić information content (AvgIpc) is 3.33. The van der Waals surface area contributed by atoms with Gasteiger partial charge < -0.3 is 4.74 Å². The first-order chi connectivity index (χ1) is 23.5. The van der Waals surface area contributed by atoms with Crippen LogP contribution in [0.25, 0.3) is 65.7 Å². The summed E-state index contributed by atoms with van der Waals surface area (Å²) in [7, 11) is 0. The minimum Gasteiger partial charge on any atom is -0.463 e. The average molecular weight is 639 g/mol. The molecule has 0 fully saturated rings. The number of benzene rings is 7. The van der Waals surface area contributed by atoms with Gasteiger partial charge in [-0.1, -0.05) is 138 Å². The quantitative estimate of drug-likeness (QED) is 0.0751. The SMILES string of the molecule is C=CC(=O)OCCCc1ccc(-c2ccc3c(c2)C(C)(C)c2cc(-c4ccc5ccc6cc(C(C)(C)C)cc7ccc4c5c67)ccc2-3)cc1. The molecule has 1 aliphatic rings. The van der Waals surface area contributed by atoms with E-state index in [1.807, 2.05) is 0 Å². The van der Waals surface area contributed by atoms with Crippen molar-refractivity contribution in [2.24, 2.45) is 0 Å². The Balaban J connectivity index is 1.12. The van der Waals surface area contributed by atoms with Crippen LogP contribution in [0.15, 0.2) is 122 Å². The number of carbonyl (C=O) groups is 1. The highest BCUT2D eigenvalue weighted by Crippen LogP contribution is 2.51. The van der Waals surface area contributed by atoms with Crippen LogP contribution < -0.4 is 0 Å². The minimum absolute atomic E-state index is 0.0986. The lowest BCUT2D eigenvalue weighted by molar-refractivity contribution is -0.137. The molecule has 1 aliphatic carbocycles. The van der Waals surface area contributed by atoms with E-state index >= 15 is 0 Å². The Morgan fingerprint density at radius 1 is 0.673 bits per heavy atom. The third kappa shape index (κ3) is 5.22. The van der Waals surface area contributed by atoms with Gasteiger partial charge in [0.25, 0.3) is 0 Å². The van der Waals surface area contributed by atoms with Crippen molar-refractivity contribution >= 4 is 38.3 Å². The van der Waals surface area contributed by atoms with E-state index < -0.39 is 0 Å². The fourth-order valence-electron chi connectivity index (χ4n) is 7.96. The minimum atomic E-state index is -0.365. The molecule has 7 aromatic rings. The van der Waals surface area contributed by atoms with Crippen molar-refractivity contribution in [3.8, 4) is 33.4 Å². The lowest BCUT2D eigenvalue weighted by atomic mass is 9.80. The van der Waals surface area contributed by atoms with Crippen LogP contribution in [0.2, 0.25) is 0 Å². The smallest absolute Gasteiger partial charge is 0.330 e. The number of esters is 1. The molecule has 0 atom stereocenters. The normalized spacial score (nSPS) is 13.6. The fraction of sp³-hybridized carbons (Fsp3) is 0.213. The van der Waals surface area contributed by atoms with Crippen LogP contribution in [-0.2, 0) is 26.8 Å². The highest BCUT2D eigenvalue weighted by Gasteiger charge is 2.36. The summed E-state index contributed by atoms with van der Waals surface area (Å²) in [6.45, 7) is 15.5. The van der Waals surface area contributed by atoms with E-state index in [0.717, 1.165) is 12.8 Å². The van der Waals surface area contributed by atoms with Gasteiger partial charge in [0.05, 0.1) is 6.61 Å². The highest BCUT2D eigenvalue weighted by molar-refractivity contribution is 6.25. The van der Waals surface area contributed by atoms with Crippen LogP contribution in [0.4, 0.5) is 0 Å².